The zero-order valence-corrected chi connectivity index (χ0v) is 17.8. The van der Waals surface area contributed by atoms with Gasteiger partial charge in [0.1, 0.15) is 12.4 Å². The predicted octanol–water partition coefficient (Wildman–Crippen LogP) is 1.49. The van der Waals surface area contributed by atoms with Gasteiger partial charge in [0.2, 0.25) is 0 Å². The van der Waals surface area contributed by atoms with Gasteiger partial charge in [-0.15, -0.1) is 0 Å². The second kappa shape index (κ2) is 10.3. The highest BCUT2D eigenvalue weighted by atomic mass is 16.6. The summed E-state index contributed by atoms with van der Waals surface area (Å²) in [4.78, 5) is 14.1. The number of oxime groups is 2. The number of nitrogens with zero attached hydrogens (tertiary/aromatic N) is 5. The fraction of sp³-hybridized carbons (Fsp3) is 0.706. The van der Waals surface area contributed by atoms with Crippen LogP contribution in [-0.4, -0.2) is 60.0 Å². The van der Waals surface area contributed by atoms with E-state index in [0.717, 1.165) is 0 Å². The Bertz CT molecular complexity index is 742. The maximum atomic E-state index is 11.0. The molecule has 164 valence electrons. The first-order chi connectivity index (χ1) is 13.4. The van der Waals surface area contributed by atoms with Crippen LogP contribution in [0.25, 0.3) is 0 Å². The lowest BCUT2D eigenvalue weighted by Gasteiger charge is -2.31. The molecule has 12 heteroatoms. The van der Waals surface area contributed by atoms with Gasteiger partial charge in [0.05, 0.1) is 29.0 Å². The summed E-state index contributed by atoms with van der Waals surface area (Å²) in [5.74, 6) is -0.254. The highest BCUT2D eigenvalue weighted by molar-refractivity contribution is 5.92. The van der Waals surface area contributed by atoms with Crippen molar-refractivity contribution < 1.29 is 15.3 Å². The van der Waals surface area contributed by atoms with Crippen LogP contribution >= 0.6 is 0 Å². The number of hydrogen-bond donors (Lipinski definition) is 5. The van der Waals surface area contributed by atoms with E-state index in [9.17, 15) is 15.3 Å². The van der Waals surface area contributed by atoms with Gasteiger partial charge in [-0.3, -0.25) is 5.43 Å². The Labute approximate surface area is 170 Å². The van der Waals surface area contributed by atoms with Crippen molar-refractivity contribution in [3.63, 3.8) is 0 Å². The van der Waals surface area contributed by atoms with Crippen molar-refractivity contribution in [3.8, 4) is 0 Å². The van der Waals surface area contributed by atoms with Crippen molar-refractivity contribution in [2.45, 2.75) is 71.6 Å². The molecule has 0 amide bonds. The van der Waals surface area contributed by atoms with E-state index in [2.05, 4.69) is 31.5 Å². The molecule has 1 heterocycles. The Balaban J connectivity index is 2.60. The molecule has 0 aliphatic carbocycles. The molecule has 12 nitrogen and oxygen atoms in total. The van der Waals surface area contributed by atoms with E-state index >= 15 is 0 Å². The van der Waals surface area contributed by atoms with Gasteiger partial charge in [0.25, 0.3) is 0 Å². The third-order valence-electron chi connectivity index (χ3n) is 4.82. The number of hydrazine groups is 1. The Hall–Kier alpha value is -2.57. The summed E-state index contributed by atoms with van der Waals surface area (Å²) >= 11 is 0. The van der Waals surface area contributed by atoms with E-state index in [4.69, 9.17) is 5.21 Å². The van der Waals surface area contributed by atoms with E-state index in [-0.39, 0.29) is 18.5 Å². The lowest BCUT2D eigenvalue weighted by Crippen LogP contribution is -2.59. The fourth-order valence-electron chi connectivity index (χ4n) is 2.45. The minimum Gasteiger partial charge on any atom is -0.411 e. The third-order valence-corrected chi connectivity index (χ3v) is 4.82. The Morgan fingerprint density at radius 1 is 1.31 bits per heavy atom. The first-order valence-electron chi connectivity index (χ1n) is 9.28. The van der Waals surface area contributed by atoms with Gasteiger partial charge in [-0.05, 0) is 46.5 Å². The largest absolute Gasteiger partial charge is 0.434 e. The van der Waals surface area contributed by atoms with Crippen LogP contribution in [0.15, 0.2) is 22.7 Å². The third kappa shape index (κ3) is 7.07. The molecule has 1 aromatic rings. The molecule has 0 saturated carbocycles. The lowest BCUT2D eigenvalue weighted by atomic mass is 9.96. The Morgan fingerprint density at radius 2 is 1.97 bits per heavy atom. The van der Waals surface area contributed by atoms with Crippen molar-refractivity contribution in [1.82, 2.24) is 25.7 Å². The predicted molar refractivity (Wildman–Crippen MR) is 110 cm³/mol. The SMILES string of the molecule is CC(=NO)C(C)(C)NCC(C)NNC(C)(C)C(CCn1ccnc1[N+](=O)[O-])=NO. The smallest absolute Gasteiger partial charge is 0.411 e. The average molecular weight is 412 g/mol. The summed E-state index contributed by atoms with van der Waals surface area (Å²) in [5.41, 5.74) is 6.12. The van der Waals surface area contributed by atoms with E-state index in [1.165, 1.54) is 17.0 Å². The first kappa shape index (κ1) is 24.5. The molecule has 29 heavy (non-hydrogen) atoms. The summed E-state index contributed by atoms with van der Waals surface area (Å²) in [6.07, 6.45) is 3.17. The fourth-order valence-corrected chi connectivity index (χ4v) is 2.45. The summed E-state index contributed by atoms with van der Waals surface area (Å²) in [5, 5.41) is 39.3. The van der Waals surface area contributed by atoms with Crippen molar-refractivity contribution in [3.05, 3.63) is 22.5 Å². The minimum absolute atomic E-state index is 0.00489. The normalized spacial score (nSPS) is 14.8. The zero-order valence-electron chi connectivity index (χ0n) is 17.8. The highest BCUT2D eigenvalue weighted by Crippen LogP contribution is 2.13. The maximum Gasteiger partial charge on any atom is 0.434 e. The zero-order chi connectivity index (χ0) is 22.2. The van der Waals surface area contributed by atoms with E-state index in [1.807, 2.05) is 34.6 Å². The molecule has 0 spiro atoms. The number of nitro groups is 1. The van der Waals surface area contributed by atoms with Crippen LogP contribution in [-0.2, 0) is 6.54 Å². The number of aromatic nitrogens is 2. The van der Waals surface area contributed by atoms with Crippen LogP contribution in [0, 0.1) is 10.1 Å². The summed E-state index contributed by atoms with van der Waals surface area (Å²) in [6, 6.07) is -0.00489. The molecular weight excluding hydrogens is 380 g/mol. The molecule has 0 aliphatic rings. The molecule has 0 aliphatic heterocycles. The van der Waals surface area contributed by atoms with Gasteiger partial charge in [0.15, 0.2) is 0 Å². The van der Waals surface area contributed by atoms with E-state index < -0.39 is 16.0 Å². The second-order valence-electron chi connectivity index (χ2n) is 7.96. The number of aryl methyl sites for hydroxylation is 1. The average Bonchev–Trinajstić information content (AvgIpc) is 3.13. The first-order valence-corrected chi connectivity index (χ1v) is 9.28. The Morgan fingerprint density at radius 3 is 2.52 bits per heavy atom. The standard InChI is InChI=1S/C17H32N8O4/c1-12(11-19-16(3,4)13(2)21-26)20-23-17(5,6)14(22-27)7-9-24-10-8-18-15(24)25(28)29/h8,10,12,19-20,23,26-27H,7,9,11H2,1-6H3. The van der Waals surface area contributed by atoms with Crippen LogP contribution in [0.4, 0.5) is 5.95 Å². The monoisotopic (exact) mass is 412 g/mol. The molecule has 0 saturated heterocycles. The van der Waals surface area contributed by atoms with Crippen molar-refractivity contribution in [2.24, 2.45) is 10.3 Å². The van der Waals surface area contributed by atoms with Gasteiger partial charge in [-0.1, -0.05) is 15.3 Å². The number of imidazole rings is 1. The number of hydrogen-bond acceptors (Lipinski definition) is 10. The lowest BCUT2D eigenvalue weighted by molar-refractivity contribution is -0.396. The molecule has 1 unspecified atom stereocenters. The number of nitrogens with one attached hydrogen (secondary N) is 3. The topological polar surface area (TPSA) is 162 Å². The van der Waals surface area contributed by atoms with Crippen LogP contribution in [0.2, 0.25) is 0 Å². The quantitative estimate of drug-likeness (QED) is 0.149. The van der Waals surface area contributed by atoms with Crippen molar-refractivity contribution in [1.29, 1.82) is 0 Å². The highest BCUT2D eigenvalue weighted by Gasteiger charge is 2.28. The van der Waals surface area contributed by atoms with Crippen LogP contribution in [0.3, 0.4) is 0 Å². The molecule has 1 aromatic heterocycles. The number of rotatable bonds is 12. The molecule has 0 fully saturated rings. The van der Waals surface area contributed by atoms with Crippen LogP contribution < -0.4 is 16.2 Å². The van der Waals surface area contributed by atoms with Crippen LogP contribution in [0.1, 0.15) is 48.0 Å². The van der Waals surface area contributed by atoms with Crippen molar-refractivity contribution >= 4 is 17.4 Å². The van der Waals surface area contributed by atoms with Gasteiger partial charge in [-0.25, -0.2) is 9.99 Å². The second-order valence-corrected chi connectivity index (χ2v) is 7.96. The molecular formula is C17H32N8O4. The summed E-state index contributed by atoms with van der Waals surface area (Å²) in [7, 11) is 0. The summed E-state index contributed by atoms with van der Waals surface area (Å²) < 4.78 is 1.40. The van der Waals surface area contributed by atoms with E-state index in [1.54, 1.807) is 6.92 Å². The summed E-state index contributed by atoms with van der Waals surface area (Å²) in [6.45, 7) is 12.0. The maximum absolute atomic E-state index is 11.0. The molecule has 1 rings (SSSR count). The van der Waals surface area contributed by atoms with Gasteiger partial charge < -0.3 is 25.8 Å². The Kier molecular flexibility index (Phi) is 8.67. The van der Waals surface area contributed by atoms with Gasteiger partial charge in [0, 0.05) is 19.0 Å². The van der Waals surface area contributed by atoms with E-state index in [0.29, 0.717) is 24.4 Å². The minimum atomic E-state index is -0.712. The molecule has 1 atom stereocenters. The van der Waals surface area contributed by atoms with Gasteiger partial charge in [-0.2, -0.15) is 0 Å². The van der Waals surface area contributed by atoms with Crippen molar-refractivity contribution in [2.75, 3.05) is 6.54 Å². The van der Waals surface area contributed by atoms with Gasteiger partial charge >= 0.3 is 5.95 Å². The molecule has 0 bridgehead atoms. The molecule has 0 radical (unpaired) electrons. The molecule has 0 aromatic carbocycles. The van der Waals surface area contributed by atoms with Crippen LogP contribution in [0.5, 0.6) is 0 Å². The molecule has 5 N–H and O–H groups in total.